The van der Waals surface area contributed by atoms with E-state index in [1.807, 2.05) is 56.3 Å². The molecular formula is C20H22N2O3. The Kier molecular flexibility index (Phi) is 5.23. The molecule has 130 valence electrons. The predicted octanol–water partition coefficient (Wildman–Crippen LogP) is 4.25. The van der Waals surface area contributed by atoms with Crippen molar-refractivity contribution in [2.75, 3.05) is 18.9 Å². The number of nitrogens with two attached hydrogens (primary N) is 1. The van der Waals surface area contributed by atoms with Gasteiger partial charge in [0.25, 0.3) is 0 Å². The molecule has 2 aromatic carbocycles. The van der Waals surface area contributed by atoms with E-state index in [-0.39, 0.29) is 0 Å². The molecule has 2 N–H and O–H groups in total. The van der Waals surface area contributed by atoms with Gasteiger partial charge in [0.1, 0.15) is 17.3 Å². The summed E-state index contributed by atoms with van der Waals surface area (Å²) < 4.78 is 17.1. The van der Waals surface area contributed by atoms with Crippen molar-refractivity contribution in [1.82, 2.24) is 4.98 Å². The van der Waals surface area contributed by atoms with Gasteiger partial charge in [-0.25, -0.2) is 4.98 Å². The van der Waals surface area contributed by atoms with Gasteiger partial charge in [0.15, 0.2) is 0 Å². The van der Waals surface area contributed by atoms with E-state index in [0.717, 1.165) is 22.8 Å². The molecule has 5 heteroatoms. The summed E-state index contributed by atoms with van der Waals surface area (Å²) in [5.41, 5.74) is 8.35. The number of anilines is 1. The number of ether oxygens (including phenoxy) is 2. The highest BCUT2D eigenvalue weighted by Crippen LogP contribution is 2.27. The van der Waals surface area contributed by atoms with Crippen LogP contribution in [0.2, 0.25) is 0 Å². The first kappa shape index (κ1) is 16.9. The molecule has 25 heavy (non-hydrogen) atoms. The lowest BCUT2D eigenvalue weighted by molar-refractivity contribution is 0.311. The topological polar surface area (TPSA) is 70.5 Å². The minimum absolute atomic E-state index is 0.497. The van der Waals surface area contributed by atoms with Gasteiger partial charge in [0.05, 0.1) is 24.6 Å². The summed E-state index contributed by atoms with van der Waals surface area (Å²) in [6, 6.07) is 15.3. The molecule has 0 spiro atoms. The second-order valence-electron chi connectivity index (χ2n) is 5.62. The van der Waals surface area contributed by atoms with E-state index >= 15 is 0 Å². The van der Waals surface area contributed by atoms with Crippen LogP contribution in [0.15, 0.2) is 52.9 Å². The lowest BCUT2D eigenvalue weighted by atomic mass is 10.2. The van der Waals surface area contributed by atoms with E-state index in [1.54, 1.807) is 6.07 Å². The van der Waals surface area contributed by atoms with E-state index in [9.17, 15) is 0 Å². The molecule has 0 amide bonds. The summed E-state index contributed by atoms with van der Waals surface area (Å²) in [5, 5.41) is 0. The van der Waals surface area contributed by atoms with Gasteiger partial charge >= 0.3 is 0 Å². The highest BCUT2D eigenvalue weighted by Gasteiger charge is 2.11. The number of benzene rings is 2. The van der Waals surface area contributed by atoms with Crippen LogP contribution < -0.4 is 15.2 Å². The number of nitrogen functional groups attached to an aromatic ring is 1. The zero-order chi connectivity index (χ0) is 17.6. The molecule has 0 atom stereocenters. The van der Waals surface area contributed by atoms with Crippen molar-refractivity contribution in [1.29, 1.82) is 0 Å². The van der Waals surface area contributed by atoms with Crippen LogP contribution in [0.25, 0.3) is 11.5 Å². The monoisotopic (exact) mass is 338 g/mol. The fourth-order valence-electron chi connectivity index (χ4n) is 2.51. The maximum Gasteiger partial charge on any atom is 0.226 e. The number of aromatic nitrogens is 1. The first-order valence-electron chi connectivity index (χ1n) is 8.34. The Morgan fingerprint density at radius 2 is 1.88 bits per heavy atom. The number of aryl methyl sites for hydroxylation is 1. The number of hydrogen-bond acceptors (Lipinski definition) is 5. The third-order valence-electron chi connectivity index (χ3n) is 3.81. The van der Waals surface area contributed by atoms with Crippen molar-refractivity contribution < 1.29 is 13.9 Å². The first-order chi connectivity index (χ1) is 12.2. The number of nitrogens with zero attached hydrogens (tertiary/aromatic N) is 1. The van der Waals surface area contributed by atoms with Crippen LogP contribution in [0.1, 0.15) is 18.4 Å². The zero-order valence-corrected chi connectivity index (χ0v) is 14.5. The molecular weight excluding hydrogens is 316 g/mol. The van der Waals surface area contributed by atoms with Crippen molar-refractivity contribution in [3.05, 3.63) is 60.0 Å². The van der Waals surface area contributed by atoms with Gasteiger partial charge in [-0.1, -0.05) is 18.2 Å². The highest BCUT2D eigenvalue weighted by atomic mass is 16.5. The second-order valence-corrected chi connectivity index (χ2v) is 5.62. The molecule has 3 rings (SSSR count). The van der Waals surface area contributed by atoms with Gasteiger partial charge < -0.3 is 19.6 Å². The van der Waals surface area contributed by atoms with E-state index in [2.05, 4.69) is 4.98 Å². The fraction of sp³-hybridized carbons (Fsp3) is 0.250. The van der Waals surface area contributed by atoms with Gasteiger partial charge in [-0.05, 0) is 38.1 Å². The molecule has 3 aromatic rings. The van der Waals surface area contributed by atoms with Crippen molar-refractivity contribution >= 4 is 5.69 Å². The van der Waals surface area contributed by atoms with Gasteiger partial charge in [-0.15, -0.1) is 0 Å². The Morgan fingerprint density at radius 1 is 1.08 bits per heavy atom. The fourth-order valence-corrected chi connectivity index (χ4v) is 2.51. The van der Waals surface area contributed by atoms with Gasteiger partial charge in [-0.2, -0.15) is 0 Å². The van der Waals surface area contributed by atoms with Crippen LogP contribution >= 0.6 is 0 Å². The van der Waals surface area contributed by atoms with Crippen LogP contribution in [-0.4, -0.2) is 18.2 Å². The molecule has 0 aliphatic heterocycles. The average Bonchev–Trinajstić information content (AvgIpc) is 3.00. The standard InChI is InChI=1S/C20H22N2O3/c1-3-23-19-13-16(9-10-17(19)21)24-12-11-18-14(2)25-20(22-18)15-7-5-4-6-8-15/h4-10,13H,3,11-12,21H2,1-2H3. The molecule has 0 radical (unpaired) electrons. The summed E-state index contributed by atoms with van der Waals surface area (Å²) >= 11 is 0. The Hall–Kier alpha value is -2.95. The highest BCUT2D eigenvalue weighted by molar-refractivity contribution is 5.55. The molecule has 0 fully saturated rings. The lowest BCUT2D eigenvalue weighted by Gasteiger charge is -2.10. The van der Waals surface area contributed by atoms with Crippen molar-refractivity contribution in [3.63, 3.8) is 0 Å². The van der Waals surface area contributed by atoms with E-state index in [0.29, 0.717) is 37.0 Å². The van der Waals surface area contributed by atoms with E-state index in [1.165, 1.54) is 0 Å². The third-order valence-corrected chi connectivity index (χ3v) is 3.81. The molecule has 5 nitrogen and oxygen atoms in total. The quantitative estimate of drug-likeness (QED) is 0.652. The number of hydrogen-bond donors (Lipinski definition) is 1. The van der Waals surface area contributed by atoms with Gasteiger partial charge in [-0.3, -0.25) is 0 Å². The molecule has 0 aliphatic rings. The lowest BCUT2D eigenvalue weighted by Crippen LogP contribution is -2.04. The van der Waals surface area contributed by atoms with Crippen LogP contribution in [0.5, 0.6) is 11.5 Å². The van der Waals surface area contributed by atoms with Crippen LogP contribution in [0, 0.1) is 6.92 Å². The summed E-state index contributed by atoms with van der Waals surface area (Å²) in [5.74, 6) is 2.82. The minimum atomic E-state index is 0.497. The summed E-state index contributed by atoms with van der Waals surface area (Å²) in [4.78, 5) is 4.58. The van der Waals surface area contributed by atoms with E-state index < -0.39 is 0 Å². The molecule has 1 aromatic heterocycles. The third kappa shape index (κ3) is 4.12. The summed E-state index contributed by atoms with van der Waals surface area (Å²) in [7, 11) is 0. The first-order valence-corrected chi connectivity index (χ1v) is 8.34. The van der Waals surface area contributed by atoms with Crippen LogP contribution in [0.4, 0.5) is 5.69 Å². The van der Waals surface area contributed by atoms with Gasteiger partial charge in [0, 0.05) is 18.1 Å². The molecule has 0 unspecified atom stereocenters. The van der Waals surface area contributed by atoms with Crippen molar-refractivity contribution in [2.24, 2.45) is 0 Å². The number of rotatable bonds is 7. The van der Waals surface area contributed by atoms with Crippen molar-refractivity contribution in [3.8, 4) is 23.0 Å². The van der Waals surface area contributed by atoms with Crippen molar-refractivity contribution in [2.45, 2.75) is 20.3 Å². The second kappa shape index (κ2) is 7.75. The summed E-state index contributed by atoms with van der Waals surface area (Å²) in [6.07, 6.45) is 0.663. The Labute approximate surface area is 147 Å². The summed E-state index contributed by atoms with van der Waals surface area (Å²) in [6.45, 7) is 4.90. The predicted molar refractivity (Wildman–Crippen MR) is 97.9 cm³/mol. The van der Waals surface area contributed by atoms with Crippen LogP contribution in [0.3, 0.4) is 0 Å². The zero-order valence-electron chi connectivity index (χ0n) is 14.5. The van der Waals surface area contributed by atoms with Crippen LogP contribution in [-0.2, 0) is 6.42 Å². The SMILES string of the molecule is CCOc1cc(OCCc2nc(-c3ccccc3)oc2C)ccc1N. The molecule has 0 aliphatic carbocycles. The minimum Gasteiger partial charge on any atom is -0.493 e. The Balaban J connectivity index is 1.63. The normalized spacial score (nSPS) is 10.6. The maximum absolute atomic E-state index is 5.87. The Morgan fingerprint density at radius 3 is 2.64 bits per heavy atom. The smallest absolute Gasteiger partial charge is 0.226 e. The molecule has 0 bridgehead atoms. The number of oxazole rings is 1. The van der Waals surface area contributed by atoms with E-state index in [4.69, 9.17) is 19.6 Å². The molecule has 0 saturated carbocycles. The average molecular weight is 338 g/mol. The van der Waals surface area contributed by atoms with Gasteiger partial charge in [0.2, 0.25) is 5.89 Å². The molecule has 0 saturated heterocycles. The maximum atomic E-state index is 5.87. The largest absolute Gasteiger partial charge is 0.493 e. The molecule has 1 heterocycles. The Bertz CT molecular complexity index is 828.